The molecule has 1 aromatic carbocycles. The summed E-state index contributed by atoms with van der Waals surface area (Å²) in [4.78, 5) is 7.09. The first kappa shape index (κ1) is 21.2. The highest BCUT2D eigenvalue weighted by Crippen LogP contribution is 2.21. The maximum Gasteiger partial charge on any atom is 0.188 e. The molecule has 1 fully saturated rings. The third kappa shape index (κ3) is 6.97. The Balaban J connectivity index is 0.00000288. The lowest BCUT2D eigenvalue weighted by molar-refractivity contribution is 0.152. The second-order valence-electron chi connectivity index (χ2n) is 7.06. The molecule has 1 unspecified atom stereocenters. The molecule has 1 heterocycles. The normalized spacial score (nSPS) is 19.2. The van der Waals surface area contributed by atoms with Crippen LogP contribution in [0.1, 0.15) is 51.2 Å². The van der Waals surface area contributed by atoms with E-state index in [-0.39, 0.29) is 24.0 Å². The zero-order valence-electron chi connectivity index (χ0n) is 15.3. The maximum absolute atomic E-state index is 5.95. The van der Waals surface area contributed by atoms with Crippen LogP contribution in [0.4, 0.5) is 0 Å². The van der Waals surface area contributed by atoms with Gasteiger partial charge < -0.3 is 11.1 Å². The van der Waals surface area contributed by atoms with Gasteiger partial charge in [0, 0.05) is 19.1 Å². The number of hydrogen-bond donors (Lipinski definition) is 2. The molecule has 0 aromatic heterocycles. The van der Waals surface area contributed by atoms with E-state index in [9.17, 15) is 0 Å². The topological polar surface area (TPSA) is 53.6 Å². The van der Waals surface area contributed by atoms with E-state index in [0.717, 1.165) is 13.1 Å². The minimum Gasteiger partial charge on any atom is -0.370 e. The highest BCUT2D eigenvalue weighted by atomic mass is 127. The van der Waals surface area contributed by atoms with Gasteiger partial charge in [-0.2, -0.15) is 0 Å². The predicted molar refractivity (Wildman–Crippen MR) is 114 cm³/mol. The summed E-state index contributed by atoms with van der Waals surface area (Å²) in [6.45, 7) is 10.4. The Labute approximate surface area is 164 Å². The Kier molecular flexibility index (Phi) is 9.66. The standard InChI is InChI=1S/C19H32N4.HI/c1-15(2)12-21-19(20)22-13-17-9-4-5-10-18(17)14-23-11-7-6-8-16(23)3;/h4-5,9-10,15-16H,6-8,11-14H2,1-3H3,(H3,20,21,22);1H. The van der Waals surface area contributed by atoms with Crippen LogP contribution in [0.25, 0.3) is 0 Å². The molecule has 0 aliphatic carbocycles. The van der Waals surface area contributed by atoms with E-state index >= 15 is 0 Å². The number of hydrogen-bond acceptors (Lipinski definition) is 2. The molecule has 24 heavy (non-hydrogen) atoms. The molecule has 4 nitrogen and oxygen atoms in total. The molecule has 1 aliphatic heterocycles. The highest BCUT2D eigenvalue weighted by Gasteiger charge is 2.18. The molecule has 0 radical (unpaired) electrons. The first-order valence-electron chi connectivity index (χ1n) is 8.91. The van der Waals surface area contributed by atoms with Crippen molar-refractivity contribution in [1.29, 1.82) is 0 Å². The molecular weight excluding hydrogens is 411 g/mol. The van der Waals surface area contributed by atoms with E-state index in [1.165, 1.54) is 36.9 Å². The summed E-state index contributed by atoms with van der Waals surface area (Å²) < 4.78 is 0. The SMILES string of the molecule is CC(C)CNC(N)=NCc1ccccc1CN1CCCCC1C.I. The summed E-state index contributed by atoms with van der Waals surface area (Å²) in [5.74, 6) is 1.11. The molecule has 1 aliphatic rings. The molecule has 1 atom stereocenters. The summed E-state index contributed by atoms with van der Waals surface area (Å²) in [5.41, 5.74) is 8.61. The van der Waals surface area contributed by atoms with Crippen LogP contribution in [-0.2, 0) is 13.1 Å². The Hall–Kier alpha value is -0.820. The van der Waals surface area contributed by atoms with Gasteiger partial charge in [0.15, 0.2) is 5.96 Å². The molecule has 0 saturated carbocycles. The van der Waals surface area contributed by atoms with Crippen LogP contribution in [0.3, 0.4) is 0 Å². The van der Waals surface area contributed by atoms with E-state index < -0.39 is 0 Å². The van der Waals surface area contributed by atoms with E-state index in [4.69, 9.17) is 5.73 Å². The van der Waals surface area contributed by atoms with Crippen LogP contribution in [0.2, 0.25) is 0 Å². The zero-order valence-corrected chi connectivity index (χ0v) is 17.6. The van der Waals surface area contributed by atoms with Crippen molar-refractivity contribution in [2.24, 2.45) is 16.6 Å². The van der Waals surface area contributed by atoms with Crippen molar-refractivity contribution in [3.63, 3.8) is 0 Å². The molecule has 0 amide bonds. The Morgan fingerprint density at radius 2 is 2.00 bits per heavy atom. The van der Waals surface area contributed by atoms with Gasteiger partial charge in [-0.05, 0) is 43.4 Å². The fourth-order valence-corrected chi connectivity index (χ4v) is 3.01. The number of halogens is 1. The van der Waals surface area contributed by atoms with Crippen LogP contribution < -0.4 is 11.1 Å². The van der Waals surface area contributed by atoms with Crippen molar-refractivity contribution in [3.05, 3.63) is 35.4 Å². The average molecular weight is 444 g/mol. The number of piperidine rings is 1. The van der Waals surface area contributed by atoms with Crippen LogP contribution >= 0.6 is 24.0 Å². The van der Waals surface area contributed by atoms with E-state index in [0.29, 0.717) is 24.5 Å². The van der Waals surface area contributed by atoms with Gasteiger partial charge in [0.25, 0.3) is 0 Å². The number of likely N-dealkylation sites (tertiary alicyclic amines) is 1. The Morgan fingerprint density at radius 3 is 2.67 bits per heavy atom. The van der Waals surface area contributed by atoms with Crippen LogP contribution in [0, 0.1) is 5.92 Å². The van der Waals surface area contributed by atoms with Gasteiger partial charge in [-0.25, -0.2) is 4.99 Å². The average Bonchev–Trinajstić information content (AvgIpc) is 2.54. The van der Waals surface area contributed by atoms with Crippen LogP contribution in [-0.4, -0.2) is 30.0 Å². The van der Waals surface area contributed by atoms with Crippen molar-refractivity contribution in [2.75, 3.05) is 13.1 Å². The van der Waals surface area contributed by atoms with Crippen molar-refractivity contribution in [3.8, 4) is 0 Å². The van der Waals surface area contributed by atoms with Gasteiger partial charge >= 0.3 is 0 Å². The number of aliphatic imine (C=N–C) groups is 1. The fraction of sp³-hybridized carbons (Fsp3) is 0.632. The number of benzene rings is 1. The quantitative estimate of drug-likeness (QED) is 0.399. The van der Waals surface area contributed by atoms with Crippen molar-refractivity contribution in [1.82, 2.24) is 10.2 Å². The van der Waals surface area contributed by atoms with Crippen molar-refractivity contribution < 1.29 is 0 Å². The van der Waals surface area contributed by atoms with E-state index in [1.807, 2.05) is 0 Å². The minimum absolute atomic E-state index is 0. The van der Waals surface area contributed by atoms with Gasteiger partial charge in [0.05, 0.1) is 6.54 Å². The first-order valence-corrected chi connectivity index (χ1v) is 8.91. The van der Waals surface area contributed by atoms with Crippen molar-refractivity contribution in [2.45, 2.75) is 59.2 Å². The van der Waals surface area contributed by atoms with Crippen LogP contribution in [0.5, 0.6) is 0 Å². The third-order valence-corrected chi connectivity index (χ3v) is 4.54. The number of guanidine groups is 1. The summed E-state index contributed by atoms with van der Waals surface area (Å²) in [7, 11) is 0. The maximum atomic E-state index is 5.95. The van der Waals surface area contributed by atoms with Gasteiger partial charge in [-0.3, -0.25) is 4.90 Å². The van der Waals surface area contributed by atoms with Crippen molar-refractivity contribution >= 4 is 29.9 Å². The molecule has 1 aromatic rings. The van der Waals surface area contributed by atoms with Gasteiger partial charge in [-0.15, -0.1) is 24.0 Å². The predicted octanol–water partition coefficient (Wildman–Crippen LogP) is 3.74. The number of nitrogens with zero attached hydrogens (tertiary/aromatic N) is 2. The third-order valence-electron chi connectivity index (χ3n) is 4.54. The summed E-state index contributed by atoms with van der Waals surface area (Å²) >= 11 is 0. The van der Waals surface area contributed by atoms with E-state index in [2.05, 4.69) is 60.2 Å². The number of nitrogens with one attached hydrogen (secondary N) is 1. The lowest BCUT2D eigenvalue weighted by atomic mass is 10.0. The van der Waals surface area contributed by atoms with Gasteiger partial charge in [-0.1, -0.05) is 44.5 Å². The highest BCUT2D eigenvalue weighted by molar-refractivity contribution is 14.0. The molecule has 136 valence electrons. The number of nitrogens with two attached hydrogens (primary N) is 1. The number of rotatable bonds is 6. The molecule has 5 heteroatoms. The molecule has 3 N–H and O–H groups in total. The lowest BCUT2D eigenvalue weighted by Crippen LogP contribution is -2.37. The van der Waals surface area contributed by atoms with Gasteiger partial charge in [0.1, 0.15) is 0 Å². The minimum atomic E-state index is 0. The molecule has 2 rings (SSSR count). The van der Waals surface area contributed by atoms with Crippen LogP contribution in [0.15, 0.2) is 29.3 Å². The first-order chi connectivity index (χ1) is 11.1. The molecule has 0 spiro atoms. The monoisotopic (exact) mass is 444 g/mol. The lowest BCUT2D eigenvalue weighted by Gasteiger charge is -2.33. The summed E-state index contributed by atoms with van der Waals surface area (Å²) in [6, 6.07) is 9.29. The molecule has 0 bridgehead atoms. The summed E-state index contributed by atoms with van der Waals surface area (Å²) in [5, 5.41) is 3.18. The van der Waals surface area contributed by atoms with E-state index in [1.54, 1.807) is 0 Å². The second-order valence-corrected chi connectivity index (χ2v) is 7.06. The Morgan fingerprint density at radius 1 is 1.29 bits per heavy atom. The fourth-order valence-electron chi connectivity index (χ4n) is 3.01. The second kappa shape index (κ2) is 10.9. The molecule has 1 saturated heterocycles. The smallest absolute Gasteiger partial charge is 0.188 e. The summed E-state index contributed by atoms with van der Waals surface area (Å²) in [6.07, 6.45) is 3.99. The Bertz CT molecular complexity index is 516. The largest absolute Gasteiger partial charge is 0.370 e. The van der Waals surface area contributed by atoms with Gasteiger partial charge in [0.2, 0.25) is 0 Å². The zero-order chi connectivity index (χ0) is 16.7. The molecular formula is C19H33IN4.